The van der Waals surface area contributed by atoms with Crippen molar-refractivity contribution in [3.63, 3.8) is 0 Å². The van der Waals surface area contributed by atoms with Crippen molar-refractivity contribution in [2.75, 3.05) is 0 Å². The fourth-order valence-electron chi connectivity index (χ4n) is 0.513. The lowest BCUT2D eigenvalue weighted by Crippen LogP contribution is -2.07. The third-order valence-corrected chi connectivity index (χ3v) is 0.895. The van der Waals surface area contributed by atoms with E-state index < -0.39 is 0 Å². The smallest absolute Gasteiger partial charge is 0.150 e. The van der Waals surface area contributed by atoms with Crippen LogP contribution in [0.4, 0.5) is 0 Å². The third-order valence-electron chi connectivity index (χ3n) is 0.895. The first-order valence-corrected chi connectivity index (χ1v) is 2.42. The highest BCUT2D eigenvalue weighted by Gasteiger charge is 1.96. The zero-order chi connectivity index (χ0) is 6.69. The number of hydrogen-bond donors (Lipinski definition) is 2. The second kappa shape index (κ2) is 2.20. The van der Waals surface area contributed by atoms with E-state index in [4.69, 9.17) is 5.11 Å². The number of hydrogen-bond acceptors (Lipinski definition) is 3. The Morgan fingerprint density at radius 3 is 2.89 bits per heavy atom. The average Bonchev–Trinajstić information content (AvgIpc) is 1.88. The molecule has 2 N–H and O–H groups in total. The molecule has 46 valence electrons. The van der Waals surface area contributed by atoms with Crippen LogP contribution in [-0.2, 0) is 4.79 Å². The minimum Gasteiger partial charge on any atom is -0.508 e. The van der Waals surface area contributed by atoms with Crippen LogP contribution in [0.15, 0.2) is 29.8 Å². The van der Waals surface area contributed by atoms with E-state index in [1.165, 1.54) is 18.4 Å². The third kappa shape index (κ3) is 1.21. The standard InChI is InChI=1S/C6H5NO2/c8-4-5-3-6(9)1-2-7-5/h1-3,7,9H. The van der Waals surface area contributed by atoms with E-state index in [-0.39, 0.29) is 11.5 Å². The van der Waals surface area contributed by atoms with Crippen LogP contribution in [0.25, 0.3) is 0 Å². The van der Waals surface area contributed by atoms with Crippen molar-refractivity contribution in [3.8, 4) is 0 Å². The predicted octanol–water partition coefficient (Wildman–Crippen LogP) is 0.261. The SMILES string of the molecule is O=C=C1C=C(O)C=CN1. The molecule has 1 aliphatic heterocycles. The molecule has 0 bridgehead atoms. The van der Waals surface area contributed by atoms with Gasteiger partial charge in [0.1, 0.15) is 11.5 Å². The average molecular weight is 123 g/mol. The quantitative estimate of drug-likeness (QED) is 0.454. The normalized spacial score (nSPS) is 16.0. The van der Waals surface area contributed by atoms with Crippen molar-refractivity contribution in [1.82, 2.24) is 5.32 Å². The van der Waals surface area contributed by atoms with Crippen LogP contribution < -0.4 is 5.32 Å². The summed E-state index contributed by atoms with van der Waals surface area (Å²) in [7, 11) is 0. The molecule has 0 unspecified atom stereocenters. The van der Waals surface area contributed by atoms with E-state index in [0.717, 1.165) is 0 Å². The van der Waals surface area contributed by atoms with Gasteiger partial charge in [-0.25, -0.2) is 4.79 Å². The van der Waals surface area contributed by atoms with Crippen molar-refractivity contribution >= 4 is 5.94 Å². The Labute approximate surface area is 52.0 Å². The van der Waals surface area contributed by atoms with Crippen molar-refractivity contribution in [2.45, 2.75) is 0 Å². The van der Waals surface area contributed by atoms with Crippen LogP contribution in [0.1, 0.15) is 0 Å². The fourth-order valence-corrected chi connectivity index (χ4v) is 0.513. The van der Waals surface area contributed by atoms with Gasteiger partial charge >= 0.3 is 0 Å². The molecule has 0 saturated carbocycles. The molecule has 0 saturated heterocycles. The van der Waals surface area contributed by atoms with Gasteiger partial charge in [0.2, 0.25) is 0 Å². The summed E-state index contributed by atoms with van der Waals surface area (Å²) in [4.78, 5) is 9.89. The van der Waals surface area contributed by atoms with Crippen molar-refractivity contribution < 1.29 is 9.90 Å². The number of aliphatic hydroxyl groups excluding tert-OH is 1. The van der Waals surface area contributed by atoms with E-state index in [2.05, 4.69) is 5.32 Å². The molecule has 1 rings (SSSR count). The van der Waals surface area contributed by atoms with Gasteiger partial charge in [0.15, 0.2) is 5.94 Å². The second-order valence-electron chi connectivity index (χ2n) is 1.56. The maximum Gasteiger partial charge on any atom is 0.150 e. The van der Waals surface area contributed by atoms with Crippen molar-refractivity contribution in [3.05, 3.63) is 29.8 Å². The van der Waals surface area contributed by atoms with E-state index in [1.54, 1.807) is 5.94 Å². The summed E-state index contributed by atoms with van der Waals surface area (Å²) in [5, 5.41) is 11.3. The molecule has 0 aromatic carbocycles. The summed E-state index contributed by atoms with van der Waals surface area (Å²) in [6.07, 6.45) is 4.21. The Morgan fingerprint density at radius 1 is 1.67 bits per heavy atom. The zero-order valence-electron chi connectivity index (χ0n) is 4.59. The van der Waals surface area contributed by atoms with Crippen LogP contribution >= 0.6 is 0 Å². The molecule has 0 radical (unpaired) electrons. The Hall–Kier alpha value is -1.47. The van der Waals surface area contributed by atoms with Crippen LogP contribution in [-0.4, -0.2) is 11.0 Å². The fraction of sp³-hybridized carbons (Fsp3) is 0. The van der Waals surface area contributed by atoms with Gasteiger partial charge in [-0.2, -0.15) is 0 Å². The highest BCUT2D eigenvalue weighted by atomic mass is 16.3. The number of rotatable bonds is 0. The van der Waals surface area contributed by atoms with Gasteiger partial charge in [-0.1, -0.05) is 0 Å². The number of carbonyl (C=O) groups excluding carboxylic acids is 1. The molecule has 1 heterocycles. The highest BCUT2D eigenvalue weighted by molar-refractivity contribution is 5.58. The van der Waals surface area contributed by atoms with Gasteiger partial charge in [-0.05, 0) is 6.08 Å². The second-order valence-corrected chi connectivity index (χ2v) is 1.56. The molecule has 3 nitrogen and oxygen atoms in total. The Morgan fingerprint density at radius 2 is 2.44 bits per heavy atom. The van der Waals surface area contributed by atoms with Gasteiger partial charge in [0, 0.05) is 12.3 Å². The van der Waals surface area contributed by atoms with E-state index in [9.17, 15) is 4.79 Å². The minimum atomic E-state index is 0.0621. The Bertz CT molecular complexity index is 221. The molecule has 0 amide bonds. The first-order chi connectivity index (χ1) is 4.33. The maximum atomic E-state index is 9.89. The highest BCUT2D eigenvalue weighted by Crippen LogP contribution is 2.00. The first kappa shape index (κ1) is 5.66. The molecule has 3 heteroatoms. The lowest BCUT2D eigenvalue weighted by atomic mass is 10.3. The lowest BCUT2D eigenvalue weighted by molar-refractivity contribution is 0.429. The van der Waals surface area contributed by atoms with E-state index in [0.29, 0.717) is 0 Å². The first-order valence-electron chi connectivity index (χ1n) is 2.42. The maximum absolute atomic E-state index is 9.89. The lowest BCUT2D eigenvalue weighted by Gasteiger charge is -2.01. The molecule has 9 heavy (non-hydrogen) atoms. The number of nitrogens with one attached hydrogen (secondary N) is 1. The molecule has 0 aliphatic carbocycles. The Kier molecular flexibility index (Phi) is 1.38. The largest absolute Gasteiger partial charge is 0.508 e. The molecule has 0 atom stereocenters. The van der Waals surface area contributed by atoms with Crippen LogP contribution in [0.5, 0.6) is 0 Å². The molecular formula is C6H5NO2. The van der Waals surface area contributed by atoms with Gasteiger partial charge in [0.05, 0.1) is 0 Å². The molecule has 0 aromatic heterocycles. The molecule has 0 spiro atoms. The number of aliphatic hydroxyl groups is 1. The summed E-state index contributed by atoms with van der Waals surface area (Å²) >= 11 is 0. The summed E-state index contributed by atoms with van der Waals surface area (Å²) in [5.41, 5.74) is 0.245. The van der Waals surface area contributed by atoms with Crippen LogP contribution in [0.2, 0.25) is 0 Å². The monoisotopic (exact) mass is 123 g/mol. The summed E-state index contributed by atoms with van der Waals surface area (Å²) in [6, 6.07) is 0. The summed E-state index contributed by atoms with van der Waals surface area (Å²) in [6.45, 7) is 0. The minimum absolute atomic E-state index is 0.0621. The van der Waals surface area contributed by atoms with Crippen molar-refractivity contribution in [2.24, 2.45) is 0 Å². The van der Waals surface area contributed by atoms with Gasteiger partial charge < -0.3 is 10.4 Å². The van der Waals surface area contributed by atoms with Crippen molar-refractivity contribution in [1.29, 1.82) is 0 Å². The Balaban J connectivity index is 2.90. The predicted molar refractivity (Wildman–Crippen MR) is 32.2 cm³/mol. The van der Waals surface area contributed by atoms with Gasteiger partial charge in [0.25, 0.3) is 0 Å². The number of allylic oxidation sites excluding steroid dienone is 2. The zero-order valence-corrected chi connectivity index (χ0v) is 4.59. The molecule has 0 fully saturated rings. The van der Waals surface area contributed by atoms with Gasteiger partial charge in [-0.15, -0.1) is 0 Å². The van der Waals surface area contributed by atoms with E-state index >= 15 is 0 Å². The van der Waals surface area contributed by atoms with Gasteiger partial charge in [-0.3, -0.25) is 0 Å². The van der Waals surface area contributed by atoms with E-state index in [1.807, 2.05) is 0 Å². The number of dihydropyridines is 1. The summed E-state index contributed by atoms with van der Waals surface area (Å²) in [5.74, 6) is 1.66. The van der Waals surface area contributed by atoms with Crippen LogP contribution in [0.3, 0.4) is 0 Å². The topological polar surface area (TPSA) is 49.3 Å². The molecular weight excluding hydrogens is 118 g/mol. The van der Waals surface area contributed by atoms with Crippen LogP contribution in [0, 0.1) is 0 Å². The summed E-state index contributed by atoms with van der Waals surface area (Å²) < 4.78 is 0. The molecule has 1 aliphatic rings. The molecule has 0 aromatic rings.